The molecule has 1 fully saturated rings. The van der Waals surface area contributed by atoms with Crippen LogP contribution in [0.15, 0.2) is 24.3 Å². The van der Waals surface area contributed by atoms with Crippen LogP contribution in [0.4, 0.5) is 5.69 Å². The smallest absolute Gasteiger partial charge is 0.228 e. The Bertz CT molecular complexity index is 384. The highest BCUT2D eigenvalue weighted by Gasteiger charge is 2.29. The predicted molar refractivity (Wildman–Crippen MR) is 65.2 cm³/mol. The van der Waals surface area contributed by atoms with Gasteiger partial charge in [-0.15, -0.1) is 12.4 Å². The first-order valence-corrected chi connectivity index (χ1v) is 4.91. The van der Waals surface area contributed by atoms with Crippen molar-refractivity contribution in [2.45, 2.75) is 12.5 Å². The number of methoxy groups -OCH3 is 1. The molecule has 5 heteroatoms. The molecule has 1 saturated heterocycles. The second-order valence-electron chi connectivity index (χ2n) is 3.64. The SMILES string of the molecule is COc1ccccc1N1CC(N)CC1=O.Cl. The van der Waals surface area contributed by atoms with E-state index in [-0.39, 0.29) is 24.4 Å². The van der Waals surface area contributed by atoms with Gasteiger partial charge in [0.25, 0.3) is 0 Å². The molecule has 4 nitrogen and oxygen atoms in total. The van der Waals surface area contributed by atoms with E-state index >= 15 is 0 Å². The molecule has 1 aliphatic heterocycles. The Kier molecular flexibility index (Phi) is 4.15. The number of hydrogen-bond donors (Lipinski definition) is 1. The van der Waals surface area contributed by atoms with Gasteiger partial charge in [0.05, 0.1) is 12.8 Å². The summed E-state index contributed by atoms with van der Waals surface area (Å²) >= 11 is 0. The lowest BCUT2D eigenvalue weighted by atomic mass is 10.2. The number of rotatable bonds is 2. The van der Waals surface area contributed by atoms with E-state index in [9.17, 15) is 4.79 Å². The van der Waals surface area contributed by atoms with Crippen molar-refractivity contribution in [2.75, 3.05) is 18.6 Å². The van der Waals surface area contributed by atoms with E-state index in [0.717, 1.165) is 5.69 Å². The van der Waals surface area contributed by atoms with Crippen molar-refractivity contribution < 1.29 is 9.53 Å². The normalized spacial score (nSPS) is 19.5. The molecule has 2 N–H and O–H groups in total. The Hall–Kier alpha value is -1.26. The summed E-state index contributed by atoms with van der Waals surface area (Å²) in [6, 6.07) is 7.40. The predicted octanol–water partition coefficient (Wildman–Crippen LogP) is 1.18. The molecule has 1 atom stereocenters. The number of nitrogens with two attached hydrogens (primary N) is 1. The van der Waals surface area contributed by atoms with Gasteiger partial charge in [0.1, 0.15) is 5.75 Å². The Morgan fingerprint density at radius 3 is 2.69 bits per heavy atom. The van der Waals surface area contributed by atoms with Gasteiger partial charge in [-0.25, -0.2) is 0 Å². The Morgan fingerprint density at radius 2 is 2.12 bits per heavy atom. The summed E-state index contributed by atoms with van der Waals surface area (Å²) in [6.45, 7) is 0.569. The fourth-order valence-electron chi connectivity index (χ4n) is 1.82. The van der Waals surface area contributed by atoms with Gasteiger partial charge in [-0.3, -0.25) is 4.79 Å². The van der Waals surface area contributed by atoms with Gasteiger partial charge in [-0.2, -0.15) is 0 Å². The molecule has 0 aromatic heterocycles. The van der Waals surface area contributed by atoms with Crippen LogP contribution in [-0.2, 0) is 4.79 Å². The molecule has 0 radical (unpaired) electrons. The molecule has 0 saturated carbocycles. The molecule has 16 heavy (non-hydrogen) atoms. The topological polar surface area (TPSA) is 55.6 Å². The van der Waals surface area contributed by atoms with Crippen LogP contribution in [0, 0.1) is 0 Å². The van der Waals surface area contributed by atoms with Crippen LogP contribution in [-0.4, -0.2) is 25.6 Å². The molecule has 0 aliphatic carbocycles. The summed E-state index contributed by atoms with van der Waals surface area (Å²) in [6.07, 6.45) is 0.415. The van der Waals surface area contributed by atoms with E-state index in [1.165, 1.54) is 0 Å². The summed E-state index contributed by atoms with van der Waals surface area (Å²) in [7, 11) is 1.60. The van der Waals surface area contributed by atoms with Gasteiger partial charge in [0.2, 0.25) is 5.91 Å². The number of ether oxygens (including phenoxy) is 1. The van der Waals surface area contributed by atoms with E-state index in [1.807, 2.05) is 24.3 Å². The van der Waals surface area contributed by atoms with Crippen LogP contribution in [0.3, 0.4) is 0 Å². The van der Waals surface area contributed by atoms with Crippen molar-refractivity contribution in [1.29, 1.82) is 0 Å². The first-order chi connectivity index (χ1) is 7.22. The number of halogens is 1. The van der Waals surface area contributed by atoms with Gasteiger partial charge in [0, 0.05) is 19.0 Å². The lowest BCUT2D eigenvalue weighted by Crippen LogP contribution is -2.28. The van der Waals surface area contributed by atoms with Crippen molar-refractivity contribution in [3.05, 3.63) is 24.3 Å². The summed E-state index contributed by atoms with van der Waals surface area (Å²) in [5.41, 5.74) is 6.54. The maximum atomic E-state index is 11.6. The van der Waals surface area contributed by atoms with Crippen LogP contribution in [0.5, 0.6) is 5.75 Å². The zero-order valence-electron chi connectivity index (χ0n) is 9.05. The zero-order chi connectivity index (χ0) is 10.8. The minimum absolute atomic E-state index is 0. The molecule has 0 bridgehead atoms. The minimum atomic E-state index is -0.0672. The number of hydrogen-bond acceptors (Lipinski definition) is 3. The molecule has 0 spiro atoms. The maximum Gasteiger partial charge on any atom is 0.228 e. The fraction of sp³-hybridized carbons (Fsp3) is 0.364. The highest BCUT2D eigenvalue weighted by atomic mass is 35.5. The number of anilines is 1. The molecular formula is C11H15ClN2O2. The molecule has 1 amide bonds. The number of carbonyl (C=O) groups excluding carboxylic acids is 1. The van der Waals surface area contributed by atoms with Crippen molar-refractivity contribution in [2.24, 2.45) is 5.73 Å². The summed E-state index contributed by atoms with van der Waals surface area (Å²) in [4.78, 5) is 13.3. The number of nitrogens with zero attached hydrogens (tertiary/aromatic N) is 1. The molecular weight excluding hydrogens is 228 g/mol. The summed E-state index contributed by atoms with van der Waals surface area (Å²) in [5.74, 6) is 0.770. The highest BCUT2D eigenvalue weighted by molar-refractivity contribution is 5.97. The largest absolute Gasteiger partial charge is 0.495 e. The Labute approximate surface area is 101 Å². The van der Waals surface area contributed by atoms with E-state index in [2.05, 4.69) is 0 Å². The third kappa shape index (κ3) is 2.28. The third-order valence-electron chi connectivity index (χ3n) is 2.53. The first kappa shape index (κ1) is 12.8. The van der Waals surface area contributed by atoms with Gasteiger partial charge < -0.3 is 15.4 Å². The lowest BCUT2D eigenvalue weighted by Gasteiger charge is -2.18. The number of amides is 1. The maximum absolute atomic E-state index is 11.6. The van der Waals surface area contributed by atoms with Crippen LogP contribution in [0.25, 0.3) is 0 Å². The lowest BCUT2D eigenvalue weighted by molar-refractivity contribution is -0.117. The second kappa shape index (κ2) is 5.18. The summed E-state index contributed by atoms with van der Waals surface area (Å²) in [5, 5.41) is 0. The van der Waals surface area contributed by atoms with E-state index in [4.69, 9.17) is 10.5 Å². The minimum Gasteiger partial charge on any atom is -0.495 e. The average Bonchev–Trinajstić information content (AvgIpc) is 2.57. The highest BCUT2D eigenvalue weighted by Crippen LogP contribution is 2.30. The van der Waals surface area contributed by atoms with E-state index < -0.39 is 0 Å². The van der Waals surface area contributed by atoms with Crippen molar-refractivity contribution in [3.8, 4) is 5.75 Å². The number of benzene rings is 1. The molecule has 88 valence electrons. The van der Waals surface area contributed by atoms with Crippen LogP contribution in [0.2, 0.25) is 0 Å². The summed E-state index contributed by atoms with van der Waals surface area (Å²) < 4.78 is 5.21. The third-order valence-corrected chi connectivity index (χ3v) is 2.53. The Balaban J connectivity index is 0.00000128. The molecule has 1 aromatic rings. The number of carbonyl (C=O) groups is 1. The van der Waals surface area contributed by atoms with Gasteiger partial charge in [0.15, 0.2) is 0 Å². The van der Waals surface area contributed by atoms with Crippen LogP contribution >= 0.6 is 12.4 Å². The molecule has 1 aromatic carbocycles. The van der Waals surface area contributed by atoms with Crippen LogP contribution < -0.4 is 15.4 Å². The van der Waals surface area contributed by atoms with E-state index in [0.29, 0.717) is 18.7 Å². The second-order valence-corrected chi connectivity index (χ2v) is 3.64. The number of para-hydroxylation sites is 2. The molecule has 1 aliphatic rings. The van der Waals surface area contributed by atoms with E-state index in [1.54, 1.807) is 12.0 Å². The quantitative estimate of drug-likeness (QED) is 0.847. The zero-order valence-corrected chi connectivity index (χ0v) is 9.87. The Morgan fingerprint density at radius 1 is 1.44 bits per heavy atom. The van der Waals surface area contributed by atoms with Gasteiger partial charge in [-0.05, 0) is 12.1 Å². The standard InChI is InChI=1S/C11H14N2O2.ClH/c1-15-10-5-3-2-4-9(10)13-7-8(12)6-11(13)14;/h2-5,8H,6-7,12H2,1H3;1H. The molecule has 2 rings (SSSR count). The van der Waals surface area contributed by atoms with Gasteiger partial charge >= 0.3 is 0 Å². The molecule has 1 unspecified atom stereocenters. The van der Waals surface area contributed by atoms with Crippen LogP contribution in [0.1, 0.15) is 6.42 Å². The fourth-order valence-corrected chi connectivity index (χ4v) is 1.82. The average molecular weight is 243 g/mol. The monoisotopic (exact) mass is 242 g/mol. The molecule has 1 heterocycles. The first-order valence-electron chi connectivity index (χ1n) is 4.91. The van der Waals surface area contributed by atoms with Crippen molar-refractivity contribution in [3.63, 3.8) is 0 Å². The van der Waals surface area contributed by atoms with Gasteiger partial charge in [-0.1, -0.05) is 12.1 Å². The van der Waals surface area contributed by atoms with Crippen molar-refractivity contribution >= 4 is 24.0 Å². The van der Waals surface area contributed by atoms with Crippen molar-refractivity contribution in [1.82, 2.24) is 0 Å².